The molecule has 1 heterocycles. The summed E-state index contributed by atoms with van der Waals surface area (Å²) in [5.74, 6) is -0.619. The number of carbonyl (C=O) groups excluding carboxylic acids is 2. The van der Waals surface area contributed by atoms with Crippen LogP contribution in [0.1, 0.15) is 74.4 Å². The lowest BCUT2D eigenvalue weighted by Crippen LogP contribution is -2.38. The summed E-state index contributed by atoms with van der Waals surface area (Å²) in [5.41, 5.74) is 3.19. The Balaban J connectivity index is 1.62. The molecule has 0 aromatic heterocycles. The van der Waals surface area contributed by atoms with Crippen molar-refractivity contribution in [2.75, 3.05) is 0 Å². The van der Waals surface area contributed by atoms with Crippen molar-refractivity contribution < 1.29 is 19.2 Å². The van der Waals surface area contributed by atoms with E-state index >= 15 is 0 Å². The highest BCUT2D eigenvalue weighted by molar-refractivity contribution is 6.23. The fourth-order valence-corrected chi connectivity index (χ4v) is 6.26. The van der Waals surface area contributed by atoms with Gasteiger partial charge in [-0.3, -0.25) is 14.9 Å². The summed E-state index contributed by atoms with van der Waals surface area (Å²) < 4.78 is 6.22. The van der Waals surface area contributed by atoms with Crippen LogP contribution in [0.5, 0.6) is 0 Å². The van der Waals surface area contributed by atoms with Crippen LogP contribution in [0.4, 0.5) is 5.69 Å². The van der Waals surface area contributed by atoms with Crippen molar-refractivity contribution in [2.24, 2.45) is 17.8 Å². The summed E-state index contributed by atoms with van der Waals surface area (Å²) in [6, 6.07) is 13.6. The summed E-state index contributed by atoms with van der Waals surface area (Å²) in [4.78, 5) is 39.2. The van der Waals surface area contributed by atoms with Crippen LogP contribution in [0.15, 0.2) is 65.4 Å². The number of dihydropyridines is 1. The number of allylic oxidation sites excluding steroid dienone is 2. The topological polar surface area (TPSA) is 98.5 Å². The Kier molecular flexibility index (Phi) is 6.48. The number of Topliss-reactive ketones (excluding diaryl/α,β-unsaturated/α-hetero) is 1. The Bertz CT molecular complexity index is 1360. The molecule has 1 aliphatic heterocycles. The Morgan fingerprint density at radius 3 is 2.46 bits per heavy atom. The first kappa shape index (κ1) is 24.9. The maximum absolute atomic E-state index is 14.0. The third-order valence-corrected chi connectivity index (χ3v) is 8.13. The van der Waals surface area contributed by atoms with Gasteiger partial charge in [0.15, 0.2) is 5.78 Å². The number of ketones is 1. The Morgan fingerprint density at radius 2 is 1.76 bits per heavy atom. The minimum Gasteiger partial charge on any atom is -0.459 e. The SMILES string of the molecule is CC1=C(C(=O)O[C@@H]2C[C@@H](C)CC[C@H]2C(C)C)[C@@H](c2ccccc2[N+](=O)[O-])C2=C(N1)c1ccccc1C2=O. The van der Waals surface area contributed by atoms with Crippen molar-refractivity contribution in [3.8, 4) is 0 Å². The Morgan fingerprint density at radius 1 is 1.08 bits per heavy atom. The molecule has 1 N–H and O–H groups in total. The average molecular weight is 501 g/mol. The second-order valence-corrected chi connectivity index (χ2v) is 10.8. The molecule has 7 nitrogen and oxygen atoms in total. The number of nitro groups is 1. The van der Waals surface area contributed by atoms with Crippen molar-refractivity contribution in [3.63, 3.8) is 0 Å². The van der Waals surface area contributed by atoms with E-state index in [4.69, 9.17) is 4.74 Å². The van der Waals surface area contributed by atoms with Gasteiger partial charge in [0.2, 0.25) is 0 Å². The van der Waals surface area contributed by atoms with Crippen LogP contribution in [0.25, 0.3) is 5.70 Å². The van der Waals surface area contributed by atoms with Gasteiger partial charge in [-0.05, 0) is 37.5 Å². The van der Waals surface area contributed by atoms with Gasteiger partial charge in [0.05, 0.1) is 22.1 Å². The van der Waals surface area contributed by atoms with Crippen LogP contribution in [0, 0.1) is 27.9 Å². The zero-order valence-corrected chi connectivity index (χ0v) is 21.6. The highest BCUT2D eigenvalue weighted by atomic mass is 16.6. The molecular weight excluding hydrogens is 468 g/mol. The van der Waals surface area contributed by atoms with Crippen molar-refractivity contribution in [2.45, 2.75) is 59.0 Å². The van der Waals surface area contributed by atoms with Gasteiger partial charge < -0.3 is 10.1 Å². The molecule has 1 fully saturated rings. The van der Waals surface area contributed by atoms with E-state index < -0.39 is 16.8 Å². The van der Waals surface area contributed by atoms with Crippen molar-refractivity contribution in [3.05, 3.63) is 92.2 Å². The normalized spacial score (nSPS) is 25.1. The first-order valence-corrected chi connectivity index (χ1v) is 13.0. The monoisotopic (exact) mass is 500 g/mol. The second-order valence-electron chi connectivity index (χ2n) is 10.8. The van der Waals surface area contributed by atoms with E-state index in [2.05, 4.69) is 26.1 Å². The van der Waals surface area contributed by atoms with E-state index in [9.17, 15) is 19.7 Å². The second kappa shape index (κ2) is 9.61. The quantitative estimate of drug-likeness (QED) is 0.300. The Labute approximate surface area is 216 Å². The van der Waals surface area contributed by atoms with Crippen LogP contribution in [-0.4, -0.2) is 22.8 Å². The van der Waals surface area contributed by atoms with Crippen LogP contribution in [0.2, 0.25) is 0 Å². The van der Waals surface area contributed by atoms with Gasteiger partial charge >= 0.3 is 5.97 Å². The third-order valence-electron chi connectivity index (χ3n) is 8.13. The van der Waals surface area contributed by atoms with Crippen LogP contribution in [0.3, 0.4) is 0 Å². The summed E-state index contributed by atoms with van der Waals surface area (Å²) in [7, 11) is 0. The average Bonchev–Trinajstić information content (AvgIpc) is 3.14. The molecule has 0 radical (unpaired) electrons. The van der Waals surface area contributed by atoms with Crippen molar-refractivity contribution >= 4 is 23.1 Å². The molecule has 2 aromatic rings. The largest absolute Gasteiger partial charge is 0.459 e. The number of para-hydroxylation sites is 1. The molecule has 37 heavy (non-hydrogen) atoms. The predicted octanol–water partition coefficient (Wildman–Crippen LogP) is 6.17. The molecule has 2 aliphatic carbocycles. The minimum absolute atomic E-state index is 0.130. The maximum atomic E-state index is 14.0. The van der Waals surface area contributed by atoms with E-state index in [-0.39, 0.29) is 29.1 Å². The fourth-order valence-electron chi connectivity index (χ4n) is 6.26. The first-order valence-electron chi connectivity index (χ1n) is 13.0. The molecule has 0 amide bonds. The smallest absolute Gasteiger partial charge is 0.337 e. The van der Waals surface area contributed by atoms with Crippen molar-refractivity contribution in [1.29, 1.82) is 0 Å². The summed E-state index contributed by atoms with van der Waals surface area (Å²) in [5, 5.41) is 15.3. The van der Waals surface area contributed by atoms with E-state index in [0.29, 0.717) is 39.9 Å². The number of hydrogen-bond donors (Lipinski definition) is 1. The summed E-state index contributed by atoms with van der Waals surface area (Å²) in [6.45, 7) is 8.24. The molecule has 0 saturated heterocycles. The molecule has 7 heteroatoms. The lowest BCUT2D eigenvalue weighted by Gasteiger charge is -2.37. The lowest BCUT2D eigenvalue weighted by atomic mass is 9.75. The van der Waals surface area contributed by atoms with Gasteiger partial charge in [-0.2, -0.15) is 0 Å². The van der Waals surface area contributed by atoms with E-state index in [1.807, 2.05) is 12.1 Å². The zero-order chi connectivity index (χ0) is 26.4. The maximum Gasteiger partial charge on any atom is 0.337 e. The number of nitrogens with zero attached hydrogens (tertiary/aromatic N) is 1. The number of fused-ring (bicyclic) bond motifs is 2. The molecule has 0 spiro atoms. The van der Waals surface area contributed by atoms with Gasteiger partial charge in [-0.15, -0.1) is 0 Å². The predicted molar refractivity (Wildman–Crippen MR) is 141 cm³/mol. The third kappa shape index (κ3) is 4.26. The van der Waals surface area contributed by atoms with Gasteiger partial charge in [-0.25, -0.2) is 4.79 Å². The highest BCUT2D eigenvalue weighted by Crippen LogP contribution is 2.49. The van der Waals surface area contributed by atoms with Crippen LogP contribution in [-0.2, 0) is 9.53 Å². The molecule has 1 saturated carbocycles. The number of esters is 1. The zero-order valence-electron chi connectivity index (χ0n) is 21.6. The standard InChI is InChI=1S/C30H32N2O5/c1-16(2)19-14-13-17(3)15-24(19)37-30(34)25-18(4)31-28-20-9-5-6-10-21(20)29(33)27(28)26(25)22-11-7-8-12-23(22)32(35)36/h5-12,16-17,19,24,26,31H,13-15H2,1-4H3/t17-,19-,24+,26+/m0/s1. The number of benzene rings is 2. The molecule has 2 aromatic carbocycles. The molecule has 0 unspecified atom stereocenters. The van der Waals surface area contributed by atoms with Crippen molar-refractivity contribution in [1.82, 2.24) is 5.32 Å². The number of carbonyl (C=O) groups is 2. The molecular formula is C30H32N2O5. The number of hydrogen-bond acceptors (Lipinski definition) is 6. The summed E-state index contributed by atoms with van der Waals surface area (Å²) >= 11 is 0. The first-order chi connectivity index (χ1) is 17.7. The van der Waals surface area contributed by atoms with E-state index in [0.717, 1.165) is 24.8 Å². The van der Waals surface area contributed by atoms with Crippen LogP contribution >= 0.6 is 0 Å². The number of rotatable bonds is 5. The minimum atomic E-state index is -0.913. The molecule has 4 atom stereocenters. The molecule has 3 aliphatic rings. The van der Waals surface area contributed by atoms with Gasteiger partial charge in [0.1, 0.15) is 6.10 Å². The summed E-state index contributed by atoms with van der Waals surface area (Å²) in [6.07, 6.45) is 2.63. The van der Waals surface area contributed by atoms with E-state index in [1.165, 1.54) is 6.07 Å². The molecule has 0 bridgehead atoms. The fraction of sp³-hybridized carbons (Fsp3) is 0.400. The highest BCUT2D eigenvalue weighted by Gasteiger charge is 2.46. The Hall–Kier alpha value is -3.74. The van der Waals surface area contributed by atoms with Gasteiger partial charge in [0, 0.05) is 34.0 Å². The molecule has 5 rings (SSSR count). The number of nitro benzene ring substituents is 1. The molecule has 192 valence electrons. The van der Waals surface area contributed by atoms with E-state index in [1.54, 1.807) is 37.3 Å². The number of ether oxygens (including phenoxy) is 1. The lowest BCUT2D eigenvalue weighted by molar-refractivity contribution is -0.385. The van der Waals surface area contributed by atoms with Gasteiger partial charge in [0.25, 0.3) is 5.69 Å². The van der Waals surface area contributed by atoms with Gasteiger partial charge in [-0.1, -0.05) is 69.7 Å². The van der Waals surface area contributed by atoms with Crippen LogP contribution < -0.4 is 5.32 Å². The number of nitrogens with one attached hydrogen (secondary N) is 1.